The van der Waals surface area contributed by atoms with Gasteiger partial charge in [0.05, 0.1) is 12.5 Å². The van der Waals surface area contributed by atoms with Gasteiger partial charge in [-0.2, -0.15) is 0 Å². The molecule has 1 saturated heterocycles. The summed E-state index contributed by atoms with van der Waals surface area (Å²) in [6.07, 6.45) is 2.11. The van der Waals surface area contributed by atoms with Crippen LogP contribution in [0.1, 0.15) is 26.7 Å². The fraction of sp³-hybridized carbons (Fsp3) is 0.917. The fourth-order valence-corrected chi connectivity index (χ4v) is 2.37. The van der Waals surface area contributed by atoms with Crippen molar-refractivity contribution in [3.63, 3.8) is 0 Å². The Hall–Kier alpha value is -0.320. The largest absolute Gasteiger partial charge is 0.384 e. The molecule has 1 aliphatic rings. The maximum atomic E-state index is 12.2. The van der Waals surface area contributed by atoms with Gasteiger partial charge in [0.2, 0.25) is 5.91 Å². The van der Waals surface area contributed by atoms with Gasteiger partial charge in [-0.1, -0.05) is 13.8 Å². The number of hydrogen-bond acceptors (Lipinski definition) is 3. The Morgan fingerprint density at radius 3 is 2.76 bits per heavy atom. The van der Waals surface area contributed by atoms with Crippen molar-refractivity contribution >= 4 is 18.3 Å². The van der Waals surface area contributed by atoms with E-state index >= 15 is 0 Å². The highest BCUT2D eigenvalue weighted by atomic mass is 35.5. The van der Waals surface area contributed by atoms with Gasteiger partial charge in [-0.25, -0.2) is 0 Å². The molecule has 0 aromatic heterocycles. The number of likely N-dealkylation sites (tertiary alicyclic amines) is 1. The lowest BCUT2D eigenvalue weighted by Gasteiger charge is -2.39. The summed E-state index contributed by atoms with van der Waals surface area (Å²) in [5, 5.41) is 0. The molecule has 1 aliphatic heterocycles. The third-order valence-corrected chi connectivity index (χ3v) is 3.37. The van der Waals surface area contributed by atoms with Gasteiger partial charge in [0, 0.05) is 26.2 Å². The van der Waals surface area contributed by atoms with E-state index in [1.165, 1.54) is 0 Å². The number of nitrogens with zero attached hydrogens (tertiary/aromatic N) is 1. The molecule has 0 spiro atoms. The Morgan fingerprint density at radius 2 is 2.24 bits per heavy atom. The minimum absolute atomic E-state index is 0. The van der Waals surface area contributed by atoms with Gasteiger partial charge >= 0.3 is 0 Å². The van der Waals surface area contributed by atoms with E-state index in [0.29, 0.717) is 19.1 Å². The number of halogens is 1. The van der Waals surface area contributed by atoms with E-state index in [9.17, 15) is 4.79 Å². The first-order valence-electron chi connectivity index (χ1n) is 6.09. The molecule has 3 atom stereocenters. The molecular weight excluding hydrogens is 240 g/mol. The summed E-state index contributed by atoms with van der Waals surface area (Å²) in [7, 11) is 1.63. The van der Waals surface area contributed by atoms with Gasteiger partial charge in [-0.3, -0.25) is 4.79 Å². The molecule has 4 nitrogen and oxygen atoms in total. The quantitative estimate of drug-likeness (QED) is 0.832. The van der Waals surface area contributed by atoms with Crippen molar-refractivity contribution in [2.45, 2.75) is 32.7 Å². The molecule has 102 valence electrons. The van der Waals surface area contributed by atoms with Gasteiger partial charge in [0.15, 0.2) is 0 Å². The summed E-state index contributed by atoms with van der Waals surface area (Å²) in [6.45, 7) is 6.04. The normalized spacial score (nSPS) is 26.2. The fourth-order valence-electron chi connectivity index (χ4n) is 2.37. The molecule has 0 aliphatic carbocycles. The average molecular weight is 265 g/mol. The zero-order valence-corrected chi connectivity index (χ0v) is 11.8. The summed E-state index contributed by atoms with van der Waals surface area (Å²) in [4.78, 5) is 14.1. The van der Waals surface area contributed by atoms with Gasteiger partial charge in [0.1, 0.15) is 0 Å². The zero-order chi connectivity index (χ0) is 12.1. The Morgan fingerprint density at radius 1 is 1.59 bits per heavy atom. The number of ether oxygens (including phenoxy) is 1. The lowest BCUT2D eigenvalue weighted by molar-refractivity contribution is -0.140. The van der Waals surface area contributed by atoms with Gasteiger partial charge in [-0.15, -0.1) is 12.4 Å². The van der Waals surface area contributed by atoms with Crippen LogP contribution in [-0.2, 0) is 9.53 Å². The molecule has 1 amide bonds. The lowest BCUT2D eigenvalue weighted by Crippen LogP contribution is -2.51. The maximum absolute atomic E-state index is 12.2. The average Bonchev–Trinajstić information content (AvgIpc) is 2.28. The number of methoxy groups -OCH3 is 1. The SMILES string of the molecule is COCC(C)C(=O)N1CCC(C)CC1CN.Cl. The number of carbonyl (C=O) groups excluding carboxylic acids is 1. The van der Waals surface area contributed by atoms with Crippen LogP contribution >= 0.6 is 12.4 Å². The first-order chi connectivity index (χ1) is 7.60. The summed E-state index contributed by atoms with van der Waals surface area (Å²) in [5.74, 6) is 0.798. The van der Waals surface area contributed by atoms with E-state index in [4.69, 9.17) is 10.5 Å². The minimum atomic E-state index is -0.0625. The number of hydrogen-bond donors (Lipinski definition) is 1. The third-order valence-electron chi connectivity index (χ3n) is 3.37. The van der Waals surface area contributed by atoms with Gasteiger partial charge in [-0.05, 0) is 18.8 Å². The highest BCUT2D eigenvalue weighted by Crippen LogP contribution is 2.23. The van der Waals surface area contributed by atoms with Crippen molar-refractivity contribution in [2.24, 2.45) is 17.6 Å². The molecule has 0 aromatic carbocycles. The molecule has 2 N–H and O–H groups in total. The van der Waals surface area contributed by atoms with Crippen LogP contribution in [0.5, 0.6) is 0 Å². The second-order valence-corrected chi connectivity index (χ2v) is 4.91. The number of piperidine rings is 1. The Kier molecular flexibility index (Phi) is 7.75. The molecule has 3 unspecified atom stereocenters. The van der Waals surface area contributed by atoms with E-state index in [-0.39, 0.29) is 30.3 Å². The highest BCUT2D eigenvalue weighted by Gasteiger charge is 2.31. The Labute approximate surface area is 110 Å². The summed E-state index contributed by atoms with van der Waals surface area (Å²) >= 11 is 0. The number of nitrogens with two attached hydrogens (primary N) is 1. The molecule has 17 heavy (non-hydrogen) atoms. The number of carbonyl (C=O) groups is 1. The van der Waals surface area contributed by atoms with Crippen LogP contribution in [0.2, 0.25) is 0 Å². The van der Waals surface area contributed by atoms with Crippen LogP contribution in [-0.4, -0.2) is 43.7 Å². The lowest BCUT2D eigenvalue weighted by atomic mass is 9.91. The van der Waals surface area contributed by atoms with Crippen molar-refractivity contribution in [3.8, 4) is 0 Å². The van der Waals surface area contributed by atoms with Gasteiger partial charge < -0.3 is 15.4 Å². The van der Waals surface area contributed by atoms with Gasteiger partial charge in [0.25, 0.3) is 0 Å². The maximum Gasteiger partial charge on any atom is 0.228 e. The molecular formula is C12H25ClN2O2. The van der Waals surface area contributed by atoms with Crippen molar-refractivity contribution in [1.82, 2.24) is 4.90 Å². The first-order valence-corrected chi connectivity index (χ1v) is 6.09. The van der Waals surface area contributed by atoms with Crippen molar-refractivity contribution in [3.05, 3.63) is 0 Å². The van der Waals surface area contributed by atoms with Crippen LogP contribution in [0.3, 0.4) is 0 Å². The van der Waals surface area contributed by atoms with Crippen LogP contribution in [0, 0.1) is 11.8 Å². The highest BCUT2D eigenvalue weighted by molar-refractivity contribution is 5.85. The molecule has 0 bridgehead atoms. The van der Waals surface area contributed by atoms with E-state index in [1.54, 1.807) is 7.11 Å². The Balaban J connectivity index is 0.00000256. The molecule has 1 heterocycles. The minimum Gasteiger partial charge on any atom is -0.384 e. The van der Waals surface area contributed by atoms with Crippen molar-refractivity contribution in [2.75, 3.05) is 26.8 Å². The van der Waals surface area contributed by atoms with Crippen LogP contribution in [0.15, 0.2) is 0 Å². The number of rotatable bonds is 4. The molecule has 1 fully saturated rings. The summed E-state index contributed by atoms with van der Waals surface area (Å²) in [6, 6.07) is 0.218. The van der Waals surface area contributed by atoms with Crippen molar-refractivity contribution in [1.29, 1.82) is 0 Å². The molecule has 0 aromatic rings. The monoisotopic (exact) mass is 264 g/mol. The van der Waals surface area contributed by atoms with E-state index < -0.39 is 0 Å². The Bertz CT molecular complexity index is 239. The molecule has 0 saturated carbocycles. The standard InChI is InChI=1S/C12H24N2O2.ClH/c1-9-4-5-14(11(6-9)7-13)12(15)10(2)8-16-3;/h9-11H,4-8,13H2,1-3H3;1H. The summed E-state index contributed by atoms with van der Waals surface area (Å²) in [5.41, 5.74) is 5.74. The predicted molar refractivity (Wildman–Crippen MR) is 71.2 cm³/mol. The first kappa shape index (κ1) is 16.7. The third kappa shape index (κ3) is 4.45. The predicted octanol–water partition coefficient (Wildman–Crippen LogP) is 1.28. The van der Waals surface area contributed by atoms with E-state index in [2.05, 4.69) is 6.92 Å². The van der Waals surface area contributed by atoms with Crippen molar-refractivity contribution < 1.29 is 9.53 Å². The van der Waals surface area contributed by atoms with E-state index in [1.807, 2.05) is 11.8 Å². The topological polar surface area (TPSA) is 55.6 Å². The second-order valence-electron chi connectivity index (χ2n) is 4.91. The number of amides is 1. The van der Waals surface area contributed by atoms with E-state index in [0.717, 1.165) is 19.4 Å². The molecule has 0 radical (unpaired) electrons. The van der Waals surface area contributed by atoms with Crippen LogP contribution < -0.4 is 5.73 Å². The zero-order valence-electron chi connectivity index (χ0n) is 11.0. The second kappa shape index (κ2) is 7.90. The molecule has 5 heteroatoms. The van der Waals surface area contributed by atoms with Crippen LogP contribution in [0.25, 0.3) is 0 Å². The molecule has 1 rings (SSSR count). The smallest absolute Gasteiger partial charge is 0.228 e. The summed E-state index contributed by atoms with van der Waals surface area (Å²) < 4.78 is 5.03. The van der Waals surface area contributed by atoms with Crippen LogP contribution in [0.4, 0.5) is 0 Å².